The number of halogens is 2. The van der Waals surface area contributed by atoms with Crippen LogP contribution in [0.25, 0.3) is 0 Å². The summed E-state index contributed by atoms with van der Waals surface area (Å²) in [5.41, 5.74) is 1.74. The average Bonchev–Trinajstić information content (AvgIpc) is 3.00. The largest absolute Gasteiger partial charge is 0.372 e. The molecule has 104 valence electrons. The number of hydrogen-bond donors (Lipinski definition) is 0. The summed E-state index contributed by atoms with van der Waals surface area (Å²) in [6, 6.07) is 5.56. The van der Waals surface area contributed by atoms with Crippen LogP contribution in [-0.2, 0) is 5.33 Å². The minimum absolute atomic E-state index is 0.0948. The van der Waals surface area contributed by atoms with Gasteiger partial charge in [0.15, 0.2) is 0 Å². The fourth-order valence-corrected chi connectivity index (χ4v) is 4.34. The molecule has 19 heavy (non-hydrogen) atoms. The molecule has 2 bridgehead atoms. The summed E-state index contributed by atoms with van der Waals surface area (Å²) >= 11 is 3.37. The van der Waals surface area contributed by atoms with Crippen LogP contribution >= 0.6 is 15.9 Å². The number of fused-ring (bicyclic) bond motifs is 2. The van der Waals surface area contributed by atoms with Gasteiger partial charge in [0.2, 0.25) is 0 Å². The van der Waals surface area contributed by atoms with Crippen LogP contribution in [-0.4, -0.2) is 13.6 Å². The molecule has 3 heteroatoms. The Labute approximate surface area is 123 Å². The second-order valence-electron chi connectivity index (χ2n) is 6.23. The molecule has 2 saturated carbocycles. The van der Waals surface area contributed by atoms with Crippen LogP contribution in [0.2, 0.25) is 0 Å². The van der Waals surface area contributed by atoms with E-state index in [1.54, 1.807) is 6.07 Å². The fraction of sp³-hybridized carbons (Fsp3) is 0.625. The molecule has 0 aliphatic heterocycles. The van der Waals surface area contributed by atoms with E-state index in [9.17, 15) is 4.39 Å². The minimum atomic E-state index is -0.0948. The first-order valence-corrected chi connectivity index (χ1v) is 8.35. The topological polar surface area (TPSA) is 3.24 Å². The van der Waals surface area contributed by atoms with Crippen molar-refractivity contribution in [2.24, 2.45) is 17.8 Å². The van der Waals surface area contributed by atoms with E-state index in [1.807, 2.05) is 19.2 Å². The summed E-state index contributed by atoms with van der Waals surface area (Å²) in [6.45, 7) is 1.01. The van der Waals surface area contributed by atoms with Crippen molar-refractivity contribution in [1.29, 1.82) is 0 Å². The minimum Gasteiger partial charge on any atom is -0.372 e. The quantitative estimate of drug-likeness (QED) is 0.731. The third kappa shape index (κ3) is 2.67. The predicted molar refractivity (Wildman–Crippen MR) is 81.2 cm³/mol. The number of benzene rings is 1. The van der Waals surface area contributed by atoms with Crippen molar-refractivity contribution in [2.45, 2.75) is 31.0 Å². The predicted octanol–water partition coefficient (Wildman–Crippen LogP) is 4.59. The summed E-state index contributed by atoms with van der Waals surface area (Å²) in [5, 5.41) is 0.709. The maximum Gasteiger partial charge on any atom is 0.146 e. The lowest BCUT2D eigenvalue weighted by molar-refractivity contribution is 0.337. The Morgan fingerprint density at radius 3 is 2.74 bits per heavy atom. The highest BCUT2D eigenvalue weighted by molar-refractivity contribution is 9.08. The van der Waals surface area contributed by atoms with E-state index in [0.717, 1.165) is 35.5 Å². The highest BCUT2D eigenvalue weighted by atomic mass is 79.9. The molecular formula is C16H21BrFN. The maximum absolute atomic E-state index is 14.1. The van der Waals surface area contributed by atoms with Crippen LogP contribution < -0.4 is 4.90 Å². The summed E-state index contributed by atoms with van der Waals surface area (Å²) < 4.78 is 14.1. The van der Waals surface area contributed by atoms with Gasteiger partial charge in [0.05, 0.1) is 5.69 Å². The molecule has 1 nitrogen and oxygen atoms in total. The Hall–Kier alpha value is -0.570. The molecule has 0 saturated heterocycles. The van der Waals surface area contributed by atoms with E-state index in [1.165, 1.54) is 25.7 Å². The zero-order chi connectivity index (χ0) is 13.4. The molecule has 0 aromatic heterocycles. The average molecular weight is 326 g/mol. The number of rotatable bonds is 4. The molecular weight excluding hydrogens is 305 g/mol. The van der Waals surface area contributed by atoms with Gasteiger partial charge in [-0.3, -0.25) is 0 Å². The van der Waals surface area contributed by atoms with Crippen LogP contribution in [0.5, 0.6) is 0 Å². The maximum atomic E-state index is 14.1. The molecule has 0 radical (unpaired) electrons. The van der Waals surface area contributed by atoms with E-state index in [0.29, 0.717) is 5.33 Å². The summed E-state index contributed by atoms with van der Waals surface area (Å²) in [7, 11) is 2.03. The monoisotopic (exact) mass is 325 g/mol. The zero-order valence-corrected chi connectivity index (χ0v) is 13.0. The molecule has 2 aliphatic carbocycles. The van der Waals surface area contributed by atoms with E-state index >= 15 is 0 Å². The lowest BCUT2D eigenvalue weighted by atomic mass is 9.88. The van der Waals surface area contributed by atoms with Crippen LogP contribution in [0.4, 0.5) is 10.1 Å². The first-order chi connectivity index (χ1) is 9.17. The van der Waals surface area contributed by atoms with Gasteiger partial charge < -0.3 is 4.90 Å². The number of hydrogen-bond acceptors (Lipinski definition) is 1. The highest BCUT2D eigenvalue weighted by Crippen LogP contribution is 2.48. The Balaban J connectivity index is 1.68. The Morgan fingerprint density at radius 1 is 1.32 bits per heavy atom. The van der Waals surface area contributed by atoms with Crippen molar-refractivity contribution in [2.75, 3.05) is 18.5 Å². The molecule has 0 spiro atoms. The van der Waals surface area contributed by atoms with Crippen molar-refractivity contribution < 1.29 is 4.39 Å². The van der Waals surface area contributed by atoms with Crippen LogP contribution in [0, 0.1) is 23.6 Å². The molecule has 0 N–H and O–H groups in total. The van der Waals surface area contributed by atoms with E-state index in [4.69, 9.17) is 0 Å². The van der Waals surface area contributed by atoms with Crippen LogP contribution in [0.3, 0.4) is 0 Å². The molecule has 0 heterocycles. The Kier molecular flexibility index (Phi) is 3.84. The van der Waals surface area contributed by atoms with Crippen LogP contribution in [0.15, 0.2) is 18.2 Å². The third-order valence-electron chi connectivity index (χ3n) is 4.97. The van der Waals surface area contributed by atoms with Gasteiger partial charge in [-0.15, -0.1) is 0 Å². The van der Waals surface area contributed by atoms with Crippen molar-refractivity contribution in [3.05, 3.63) is 29.6 Å². The molecule has 0 amide bonds. The van der Waals surface area contributed by atoms with Crippen molar-refractivity contribution in [3.8, 4) is 0 Å². The second-order valence-corrected chi connectivity index (χ2v) is 6.80. The van der Waals surface area contributed by atoms with Crippen molar-refractivity contribution in [1.82, 2.24) is 0 Å². The normalized spacial score (nSPS) is 28.9. The molecule has 1 aromatic rings. The summed E-state index contributed by atoms with van der Waals surface area (Å²) in [4.78, 5) is 2.11. The highest BCUT2D eigenvalue weighted by Gasteiger charge is 2.39. The zero-order valence-electron chi connectivity index (χ0n) is 11.4. The number of nitrogens with zero attached hydrogens (tertiary/aromatic N) is 1. The Bertz CT molecular complexity index is 462. The van der Waals surface area contributed by atoms with Gasteiger partial charge in [-0.2, -0.15) is 0 Å². The molecule has 1 aromatic carbocycles. The van der Waals surface area contributed by atoms with E-state index in [-0.39, 0.29) is 5.82 Å². The first kappa shape index (κ1) is 13.4. The van der Waals surface area contributed by atoms with Gasteiger partial charge in [-0.1, -0.05) is 28.4 Å². The van der Waals surface area contributed by atoms with E-state index < -0.39 is 0 Å². The first-order valence-electron chi connectivity index (χ1n) is 7.23. The molecule has 2 fully saturated rings. The van der Waals surface area contributed by atoms with Gasteiger partial charge in [0.1, 0.15) is 5.82 Å². The molecule has 3 unspecified atom stereocenters. The number of alkyl halides is 1. The van der Waals surface area contributed by atoms with Gasteiger partial charge >= 0.3 is 0 Å². The van der Waals surface area contributed by atoms with E-state index in [2.05, 4.69) is 20.8 Å². The standard InChI is InChI=1S/C16H21BrFN/c1-19(10-14-7-11-2-4-13(14)6-11)16-5-3-12(9-17)8-15(16)18/h3,5,8,11,13-14H,2,4,6-7,9-10H2,1H3. The smallest absolute Gasteiger partial charge is 0.146 e. The lowest BCUT2D eigenvalue weighted by Crippen LogP contribution is -2.29. The lowest BCUT2D eigenvalue weighted by Gasteiger charge is -2.29. The number of anilines is 1. The molecule has 3 rings (SSSR count). The van der Waals surface area contributed by atoms with Gasteiger partial charge in [-0.25, -0.2) is 4.39 Å². The van der Waals surface area contributed by atoms with Crippen molar-refractivity contribution in [3.63, 3.8) is 0 Å². The van der Waals surface area contributed by atoms with Crippen LogP contribution in [0.1, 0.15) is 31.2 Å². The SMILES string of the molecule is CN(CC1CC2CCC1C2)c1ccc(CBr)cc1F. The van der Waals surface area contributed by atoms with Gasteiger partial charge in [0, 0.05) is 18.9 Å². The summed E-state index contributed by atoms with van der Waals surface area (Å²) in [6.07, 6.45) is 5.60. The Morgan fingerprint density at radius 2 is 2.16 bits per heavy atom. The molecule has 3 atom stereocenters. The second kappa shape index (κ2) is 5.43. The van der Waals surface area contributed by atoms with Gasteiger partial charge in [0.25, 0.3) is 0 Å². The van der Waals surface area contributed by atoms with Gasteiger partial charge in [-0.05, 0) is 54.7 Å². The van der Waals surface area contributed by atoms with Crippen molar-refractivity contribution >= 4 is 21.6 Å². The molecule has 2 aliphatic rings. The summed E-state index contributed by atoms with van der Waals surface area (Å²) in [5.74, 6) is 2.54. The third-order valence-corrected chi connectivity index (χ3v) is 5.62. The fourth-order valence-electron chi connectivity index (χ4n) is 3.99.